The molecular weight excluding hydrogens is 236 g/mol. The van der Waals surface area contributed by atoms with E-state index in [2.05, 4.69) is 48.0 Å². The summed E-state index contributed by atoms with van der Waals surface area (Å²) in [5, 5.41) is 3.38. The molecule has 4 nitrogen and oxygen atoms in total. The fraction of sp³-hybridized carbons (Fsp3) is 0.733. The van der Waals surface area contributed by atoms with Gasteiger partial charge in [0.1, 0.15) is 5.82 Å². The Hall–Kier alpha value is -1.16. The highest BCUT2D eigenvalue weighted by Gasteiger charge is 2.31. The van der Waals surface area contributed by atoms with Crippen LogP contribution in [0.1, 0.15) is 39.3 Å². The van der Waals surface area contributed by atoms with Gasteiger partial charge in [-0.2, -0.15) is 0 Å². The Balaban J connectivity index is 1.86. The van der Waals surface area contributed by atoms with E-state index in [1.165, 1.54) is 12.8 Å². The van der Waals surface area contributed by atoms with Crippen molar-refractivity contribution in [3.8, 4) is 0 Å². The summed E-state index contributed by atoms with van der Waals surface area (Å²) < 4.78 is 0. The number of hydrogen-bond donors (Lipinski definition) is 1. The fourth-order valence-electron chi connectivity index (χ4n) is 2.21. The second-order valence-corrected chi connectivity index (χ2v) is 6.08. The van der Waals surface area contributed by atoms with E-state index < -0.39 is 0 Å². The summed E-state index contributed by atoms with van der Waals surface area (Å²) in [4.78, 5) is 11.3. The molecular formula is C15H26N4. The van der Waals surface area contributed by atoms with E-state index in [1.54, 1.807) is 0 Å². The van der Waals surface area contributed by atoms with E-state index in [-0.39, 0.29) is 0 Å². The first kappa shape index (κ1) is 14.3. The summed E-state index contributed by atoms with van der Waals surface area (Å²) in [5.74, 6) is 2.49. The van der Waals surface area contributed by atoms with Crippen molar-refractivity contribution in [1.82, 2.24) is 15.3 Å². The SMILES string of the molecule is CC(C)CNCc1cnc(N(C)C(C)C2CC2)cn1. The smallest absolute Gasteiger partial charge is 0.147 e. The van der Waals surface area contributed by atoms with Crippen LogP contribution in [-0.2, 0) is 6.54 Å². The molecule has 1 aromatic rings. The number of nitrogens with one attached hydrogen (secondary N) is 1. The molecule has 0 aromatic carbocycles. The average Bonchev–Trinajstić information content (AvgIpc) is 3.22. The molecule has 0 bridgehead atoms. The molecule has 2 rings (SSSR count). The maximum absolute atomic E-state index is 4.53. The van der Waals surface area contributed by atoms with Crippen LogP contribution < -0.4 is 10.2 Å². The van der Waals surface area contributed by atoms with E-state index in [0.29, 0.717) is 12.0 Å². The first-order chi connectivity index (χ1) is 9.08. The summed E-state index contributed by atoms with van der Waals surface area (Å²) in [6.07, 6.45) is 6.50. The molecule has 19 heavy (non-hydrogen) atoms. The zero-order valence-electron chi connectivity index (χ0n) is 12.6. The third-order valence-corrected chi connectivity index (χ3v) is 3.83. The minimum atomic E-state index is 0.569. The molecule has 0 spiro atoms. The van der Waals surface area contributed by atoms with Gasteiger partial charge >= 0.3 is 0 Å². The van der Waals surface area contributed by atoms with Gasteiger partial charge in [-0.15, -0.1) is 0 Å². The van der Waals surface area contributed by atoms with Gasteiger partial charge in [0, 0.05) is 19.6 Å². The second-order valence-electron chi connectivity index (χ2n) is 6.08. The Labute approximate surface area is 116 Å². The van der Waals surface area contributed by atoms with Gasteiger partial charge in [0.2, 0.25) is 0 Å². The fourth-order valence-corrected chi connectivity index (χ4v) is 2.21. The zero-order valence-corrected chi connectivity index (χ0v) is 12.6. The molecule has 1 N–H and O–H groups in total. The van der Waals surface area contributed by atoms with Crippen LogP contribution in [0, 0.1) is 11.8 Å². The Morgan fingerprint density at radius 2 is 2.00 bits per heavy atom. The van der Waals surface area contributed by atoms with E-state index in [0.717, 1.165) is 30.5 Å². The van der Waals surface area contributed by atoms with Crippen LogP contribution in [0.15, 0.2) is 12.4 Å². The van der Waals surface area contributed by atoms with Gasteiger partial charge in [0.05, 0.1) is 18.1 Å². The Morgan fingerprint density at radius 1 is 1.26 bits per heavy atom. The largest absolute Gasteiger partial charge is 0.355 e. The summed E-state index contributed by atoms with van der Waals surface area (Å²) in [7, 11) is 2.11. The van der Waals surface area contributed by atoms with Crippen molar-refractivity contribution in [1.29, 1.82) is 0 Å². The molecule has 0 radical (unpaired) electrons. The van der Waals surface area contributed by atoms with Crippen LogP contribution in [0.25, 0.3) is 0 Å². The maximum Gasteiger partial charge on any atom is 0.147 e. The lowest BCUT2D eigenvalue weighted by Gasteiger charge is -2.25. The van der Waals surface area contributed by atoms with Gasteiger partial charge in [-0.1, -0.05) is 13.8 Å². The van der Waals surface area contributed by atoms with Crippen LogP contribution in [0.5, 0.6) is 0 Å². The van der Waals surface area contributed by atoms with Gasteiger partial charge in [0.15, 0.2) is 0 Å². The van der Waals surface area contributed by atoms with Crippen molar-refractivity contribution in [2.45, 2.75) is 46.2 Å². The maximum atomic E-state index is 4.53. The molecule has 1 atom stereocenters. The highest BCUT2D eigenvalue weighted by atomic mass is 15.2. The zero-order chi connectivity index (χ0) is 13.8. The predicted octanol–water partition coefficient (Wildman–Crippen LogP) is 2.46. The van der Waals surface area contributed by atoms with Crippen LogP contribution in [0.3, 0.4) is 0 Å². The first-order valence-corrected chi connectivity index (χ1v) is 7.32. The number of anilines is 1. The summed E-state index contributed by atoms with van der Waals surface area (Å²) in [6, 6.07) is 0.569. The van der Waals surface area contributed by atoms with Gasteiger partial charge in [-0.25, -0.2) is 4.98 Å². The monoisotopic (exact) mass is 262 g/mol. The molecule has 1 aromatic heterocycles. The van der Waals surface area contributed by atoms with Crippen molar-refractivity contribution >= 4 is 5.82 Å². The third kappa shape index (κ3) is 4.16. The topological polar surface area (TPSA) is 41.1 Å². The van der Waals surface area contributed by atoms with Crippen LogP contribution in [-0.4, -0.2) is 29.6 Å². The molecule has 0 saturated heterocycles. The number of nitrogens with zero attached hydrogens (tertiary/aromatic N) is 3. The molecule has 106 valence electrons. The minimum absolute atomic E-state index is 0.569. The summed E-state index contributed by atoms with van der Waals surface area (Å²) >= 11 is 0. The average molecular weight is 262 g/mol. The molecule has 1 saturated carbocycles. The molecule has 0 amide bonds. The molecule has 1 aliphatic rings. The van der Waals surface area contributed by atoms with E-state index >= 15 is 0 Å². The molecule has 1 aliphatic carbocycles. The van der Waals surface area contributed by atoms with Crippen molar-refractivity contribution in [3.63, 3.8) is 0 Å². The summed E-state index contributed by atoms with van der Waals surface area (Å²) in [6.45, 7) is 8.50. The number of rotatable bonds is 7. The second kappa shape index (κ2) is 6.33. The Kier molecular flexibility index (Phi) is 4.75. The molecule has 0 aliphatic heterocycles. The lowest BCUT2D eigenvalue weighted by molar-refractivity contribution is 0.547. The Morgan fingerprint density at radius 3 is 2.53 bits per heavy atom. The normalized spacial score (nSPS) is 16.7. The van der Waals surface area contributed by atoms with Gasteiger partial charge in [-0.05, 0) is 38.1 Å². The van der Waals surface area contributed by atoms with Crippen molar-refractivity contribution < 1.29 is 0 Å². The lowest BCUT2D eigenvalue weighted by atomic mass is 10.2. The quantitative estimate of drug-likeness (QED) is 0.819. The van der Waals surface area contributed by atoms with E-state index in [4.69, 9.17) is 0 Å². The van der Waals surface area contributed by atoms with Gasteiger partial charge in [-0.3, -0.25) is 4.98 Å². The van der Waals surface area contributed by atoms with Crippen molar-refractivity contribution in [3.05, 3.63) is 18.1 Å². The first-order valence-electron chi connectivity index (χ1n) is 7.32. The van der Waals surface area contributed by atoms with Crippen LogP contribution in [0.4, 0.5) is 5.82 Å². The molecule has 1 unspecified atom stereocenters. The molecule has 1 fully saturated rings. The van der Waals surface area contributed by atoms with Gasteiger partial charge in [0.25, 0.3) is 0 Å². The Bertz CT molecular complexity index is 384. The molecule has 4 heteroatoms. The number of aromatic nitrogens is 2. The summed E-state index contributed by atoms with van der Waals surface area (Å²) in [5.41, 5.74) is 1.01. The van der Waals surface area contributed by atoms with E-state index in [9.17, 15) is 0 Å². The van der Waals surface area contributed by atoms with Crippen LogP contribution in [0.2, 0.25) is 0 Å². The highest BCUT2D eigenvalue weighted by Crippen LogP contribution is 2.35. The minimum Gasteiger partial charge on any atom is -0.355 e. The van der Waals surface area contributed by atoms with Crippen molar-refractivity contribution in [2.24, 2.45) is 11.8 Å². The van der Waals surface area contributed by atoms with Crippen LogP contribution >= 0.6 is 0 Å². The standard InChI is InChI=1S/C15H26N4/c1-11(2)7-16-8-14-9-18-15(10-17-14)19(4)12(3)13-5-6-13/h9-13,16H,5-8H2,1-4H3. The van der Waals surface area contributed by atoms with E-state index in [1.807, 2.05) is 12.4 Å². The third-order valence-electron chi connectivity index (χ3n) is 3.83. The highest BCUT2D eigenvalue weighted by molar-refractivity contribution is 5.36. The van der Waals surface area contributed by atoms with Gasteiger partial charge < -0.3 is 10.2 Å². The predicted molar refractivity (Wildman–Crippen MR) is 79.2 cm³/mol. The number of hydrogen-bond acceptors (Lipinski definition) is 4. The molecule has 1 heterocycles. The lowest BCUT2D eigenvalue weighted by Crippen LogP contribution is -2.31. The van der Waals surface area contributed by atoms with Crippen molar-refractivity contribution in [2.75, 3.05) is 18.5 Å².